The molecule has 0 radical (unpaired) electrons. The maximum absolute atomic E-state index is 12.2. The molecule has 1 aliphatic carbocycles. The summed E-state index contributed by atoms with van der Waals surface area (Å²) in [6.45, 7) is 7.55. The van der Waals surface area contributed by atoms with E-state index in [9.17, 15) is 4.79 Å². The van der Waals surface area contributed by atoms with Crippen molar-refractivity contribution >= 4 is 6.09 Å². The molecule has 2 aromatic rings. The van der Waals surface area contributed by atoms with E-state index in [2.05, 4.69) is 29.6 Å². The van der Waals surface area contributed by atoms with Gasteiger partial charge >= 0.3 is 6.09 Å². The minimum Gasteiger partial charge on any atom is -0.449 e. The SMILES string of the molecule is O=C(NCCCOCCOCCOCCOCCOCCOCCOCCO)OCC1c2ccccc2-c2ccccc21. The van der Waals surface area contributed by atoms with Gasteiger partial charge in [-0.1, -0.05) is 48.5 Å². The standard InChI is InChI=1S/C32H47NO10/c34-11-13-37-15-17-39-19-21-41-23-25-42-24-22-40-20-18-38-16-14-36-12-5-10-33-32(35)43-26-31-29-8-3-1-6-27(29)28-7-2-4-9-30(28)31/h1-4,6-9,31,34H,5,10-26H2,(H,33,35). The number of benzene rings is 2. The molecule has 1 aliphatic rings. The molecule has 11 nitrogen and oxygen atoms in total. The molecule has 0 saturated carbocycles. The Labute approximate surface area is 254 Å². The quantitative estimate of drug-likeness (QED) is 0.155. The summed E-state index contributed by atoms with van der Waals surface area (Å²) in [5.74, 6) is 0.0537. The molecule has 0 heterocycles. The molecule has 0 atom stereocenters. The second-order valence-corrected chi connectivity index (χ2v) is 9.62. The molecule has 43 heavy (non-hydrogen) atoms. The van der Waals surface area contributed by atoms with Crippen LogP contribution in [0.4, 0.5) is 4.79 Å². The lowest BCUT2D eigenvalue weighted by Gasteiger charge is -2.14. The number of hydrogen-bond acceptors (Lipinski definition) is 10. The molecule has 11 heteroatoms. The summed E-state index contributed by atoms with van der Waals surface area (Å²) >= 11 is 0. The van der Waals surface area contributed by atoms with E-state index in [0.29, 0.717) is 112 Å². The third kappa shape index (κ3) is 14.1. The van der Waals surface area contributed by atoms with Crippen LogP contribution in [0, 0.1) is 0 Å². The van der Waals surface area contributed by atoms with Crippen LogP contribution in [0.5, 0.6) is 0 Å². The van der Waals surface area contributed by atoms with Gasteiger partial charge < -0.3 is 48.3 Å². The molecular weight excluding hydrogens is 558 g/mol. The second-order valence-electron chi connectivity index (χ2n) is 9.62. The van der Waals surface area contributed by atoms with Crippen LogP contribution < -0.4 is 5.32 Å². The highest BCUT2D eigenvalue weighted by Crippen LogP contribution is 2.44. The number of hydrogen-bond donors (Lipinski definition) is 2. The Hall–Kier alpha value is -2.61. The van der Waals surface area contributed by atoms with E-state index in [0.717, 1.165) is 0 Å². The minimum atomic E-state index is -0.414. The maximum Gasteiger partial charge on any atom is 0.407 e. The number of amides is 1. The Balaban J connectivity index is 1.03. The highest BCUT2D eigenvalue weighted by molar-refractivity contribution is 5.79. The predicted molar refractivity (Wildman–Crippen MR) is 161 cm³/mol. The van der Waals surface area contributed by atoms with Crippen molar-refractivity contribution in [3.63, 3.8) is 0 Å². The van der Waals surface area contributed by atoms with Gasteiger partial charge in [-0.2, -0.15) is 0 Å². The Morgan fingerprint density at radius 1 is 0.581 bits per heavy atom. The summed E-state index contributed by atoms with van der Waals surface area (Å²) in [7, 11) is 0. The van der Waals surface area contributed by atoms with E-state index in [1.807, 2.05) is 24.3 Å². The molecule has 2 N–H and O–H groups in total. The topological polar surface area (TPSA) is 123 Å². The van der Waals surface area contributed by atoms with E-state index in [1.165, 1.54) is 22.3 Å². The number of carbonyl (C=O) groups excluding carboxylic acids is 1. The Morgan fingerprint density at radius 3 is 1.42 bits per heavy atom. The van der Waals surface area contributed by atoms with E-state index in [4.69, 9.17) is 43.0 Å². The molecule has 0 unspecified atom stereocenters. The summed E-state index contributed by atoms with van der Waals surface area (Å²) in [4.78, 5) is 12.2. The molecule has 0 aromatic heterocycles. The van der Waals surface area contributed by atoms with Gasteiger partial charge in [-0.05, 0) is 28.7 Å². The van der Waals surface area contributed by atoms with E-state index >= 15 is 0 Å². The normalized spacial score (nSPS) is 12.3. The fraction of sp³-hybridized carbons (Fsp3) is 0.594. The number of ether oxygens (including phenoxy) is 8. The summed E-state index contributed by atoms with van der Waals surface area (Å²) in [5.41, 5.74) is 4.81. The molecule has 0 fully saturated rings. The zero-order valence-electron chi connectivity index (χ0n) is 25.0. The summed E-state index contributed by atoms with van der Waals surface area (Å²) < 4.78 is 43.3. The minimum absolute atomic E-state index is 0.0225. The molecule has 0 bridgehead atoms. The van der Waals surface area contributed by atoms with Gasteiger partial charge in [-0.3, -0.25) is 0 Å². The molecule has 1 amide bonds. The van der Waals surface area contributed by atoms with Crippen molar-refractivity contribution < 1.29 is 47.8 Å². The Bertz CT molecular complexity index is 962. The first kappa shape index (κ1) is 34.9. The Morgan fingerprint density at radius 2 is 0.977 bits per heavy atom. The van der Waals surface area contributed by atoms with E-state index < -0.39 is 6.09 Å². The van der Waals surface area contributed by atoms with Crippen LogP contribution in [0.3, 0.4) is 0 Å². The van der Waals surface area contributed by atoms with Gasteiger partial charge in [0.2, 0.25) is 0 Å². The molecule has 2 aromatic carbocycles. The van der Waals surface area contributed by atoms with Crippen molar-refractivity contribution in [3.05, 3.63) is 59.7 Å². The second kappa shape index (κ2) is 22.9. The van der Waals surface area contributed by atoms with Crippen LogP contribution in [0.1, 0.15) is 23.5 Å². The van der Waals surface area contributed by atoms with Crippen LogP contribution in [-0.2, 0) is 37.9 Å². The van der Waals surface area contributed by atoms with Crippen molar-refractivity contribution in [2.24, 2.45) is 0 Å². The number of rotatable bonds is 26. The Kier molecular flexibility index (Phi) is 18.5. The largest absolute Gasteiger partial charge is 0.449 e. The smallest absolute Gasteiger partial charge is 0.407 e. The number of carbonyl (C=O) groups is 1. The number of alkyl carbamates (subject to hydrolysis) is 1. The van der Waals surface area contributed by atoms with Gasteiger partial charge in [0, 0.05) is 19.1 Å². The summed E-state index contributed by atoms with van der Waals surface area (Å²) in [6, 6.07) is 16.6. The number of aliphatic hydroxyl groups is 1. The van der Waals surface area contributed by atoms with Gasteiger partial charge in [0.25, 0.3) is 0 Å². The van der Waals surface area contributed by atoms with Crippen LogP contribution in [0.25, 0.3) is 11.1 Å². The zero-order valence-corrected chi connectivity index (χ0v) is 25.0. The molecule has 3 rings (SSSR count). The lowest BCUT2D eigenvalue weighted by Crippen LogP contribution is -2.27. The van der Waals surface area contributed by atoms with E-state index in [-0.39, 0.29) is 12.5 Å². The maximum atomic E-state index is 12.2. The molecule has 240 valence electrons. The van der Waals surface area contributed by atoms with Crippen LogP contribution in [-0.4, -0.2) is 123 Å². The number of fused-ring (bicyclic) bond motifs is 3. The first-order valence-electron chi connectivity index (χ1n) is 15.0. The average Bonchev–Trinajstić information content (AvgIpc) is 3.35. The number of aliphatic hydroxyl groups excluding tert-OH is 1. The van der Waals surface area contributed by atoms with Gasteiger partial charge in [-0.25, -0.2) is 4.79 Å². The first-order valence-corrected chi connectivity index (χ1v) is 15.0. The van der Waals surface area contributed by atoms with Crippen LogP contribution >= 0.6 is 0 Å². The lowest BCUT2D eigenvalue weighted by atomic mass is 9.98. The third-order valence-electron chi connectivity index (χ3n) is 6.55. The van der Waals surface area contributed by atoms with Crippen LogP contribution in [0.2, 0.25) is 0 Å². The van der Waals surface area contributed by atoms with Gasteiger partial charge in [-0.15, -0.1) is 0 Å². The van der Waals surface area contributed by atoms with Crippen molar-refractivity contribution in [3.8, 4) is 11.1 Å². The fourth-order valence-electron chi connectivity index (χ4n) is 4.50. The van der Waals surface area contributed by atoms with Crippen molar-refractivity contribution in [1.29, 1.82) is 0 Å². The van der Waals surface area contributed by atoms with Gasteiger partial charge in [0.1, 0.15) is 6.61 Å². The number of nitrogens with one attached hydrogen (secondary N) is 1. The highest BCUT2D eigenvalue weighted by Gasteiger charge is 2.28. The van der Waals surface area contributed by atoms with Gasteiger partial charge in [0.05, 0.1) is 92.5 Å². The van der Waals surface area contributed by atoms with Gasteiger partial charge in [0.15, 0.2) is 0 Å². The zero-order chi connectivity index (χ0) is 30.2. The molecular formula is C32H47NO10. The highest BCUT2D eigenvalue weighted by atomic mass is 16.6. The molecule has 0 saturated heterocycles. The molecule has 0 spiro atoms. The van der Waals surface area contributed by atoms with E-state index in [1.54, 1.807) is 0 Å². The lowest BCUT2D eigenvalue weighted by molar-refractivity contribution is -0.0215. The fourth-order valence-corrected chi connectivity index (χ4v) is 4.50. The van der Waals surface area contributed by atoms with Crippen molar-refractivity contribution in [2.45, 2.75) is 12.3 Å². The van der Waals surface area contributed by atoms with Crippen LogP contribution in [0.15, 0.2) is 48.5 Å². The van der Waals surface area contributed by atoms with Crippen molar-refractivity contribution in [2.75, 3.05) is 112 Å². The summed E-state index contributed by atoms with van der Waals surface area (Å²) in [6.07, 6.45) is 0.274. The van der Waals surface area contributed by atoms with Crippen molar-refractivity contribution in [1.82, 2.24) is 5.32 Å². The first-order chi connectivity index (χ1) is 21.3. The average molecular weight is 606 g/mol. The summed E-state index contributed by atoms with van der Waals surface area (Å²) in [5, 5.41) is 11.4. The monoisotopic (exact) mass is 605 g/mol. The molecule has 0 aliphatic heterocycles. The predicted octanol–water partition coefficient (Wildman–Crippen LogP) is 3.02. The third-order valence-corrected chi connectivity index (χ3v) is 6.55.